The number of fused-ring (bicyclic) bond motifs is 1. The molecule has 4 aromatic rings. The fourth-order valence-electron chi connectivity index (χ4n) is 7.02. The minimum absolute atomic E-state index is 0.264. The number of carbonyl (C=O) groups is 3. The number of piperidine rings is 1. The van der Waals surface area contributed by atoms with E-state index in [0.29, 0.717) is 48.7 Å². The van der Waals surface area contributed by atoms with Crippen molar-refractivity contribution >= 4 is 40.4 Å². The number of hydrogen-bond acceptors (Lipinski definition) is 5. The molecular weight excluding hydrogens is 578 g/mol. The summed E-state index contributed by atoms with van der Waals surface area (Å²) >= 11 is 0. The fraction of sp³-hybridized carbons (Fsp3) is 0.351. The molecule has 2 fully saturated rings. The number of anilines is 1. The second-order valence-electron chi connectivity index (χ2n) is 12.7. The SMILES string of the molecule is CN1CCC(NC(=O)c2ccc3c(C4CCCCC4)c(-c4ccccn4)n(C)c3c2)(C(=O)Nc2ccc(/C=C/C(=O)O)cc2)CC1. The molecule has 3 N–H and O–H groups in total. The number of benzene rings is 2. The molecule has 9 heteroatoms. The van der Waals surface area contributed by atoms with Crippen molar-refractivity contribution in [1.29, 1.82) is 0 Å². The van der Waals surface area contributed by atoms with Gasteiger partial charge in [-0.05, 0) is 92.2 Å². The Morgan fingerprint density at radius 2 is 1.70 bits per heavy atom. The third-order valence-corrected chi connectivity index (χ3v) is 9.64. The highest BCUT2D eigenvalue weighted by Gasteiger charge is 2.42. The topological polar surface area (TPSA) is 117 Å². The number of nitrogens with one attached hydrogen (secondary N) is 2. The number of nitrogens with zero attached hydrogens (tertiary/aromatic N) is 3. The van der Waals surface area contributed by atoms with Crippen molar-refractivity contribution in [3.8, 4) is 11.4 Å². The van der Waals surface area contributed by atoms with Crippen LogP contribution in [-0.4, -0.2) is 63.0 Å². The van der Waals surface area contributed by atoms with E-state index in [1.807, 2.05) is 37.5 Å². The lowest BCUT2D eigenvalue weighted by molar-refractivity contribution is -0.131. The molecule has 0 atom stereocenters. The quantitative estimate of drug-likeness (QED) is 0.202. The number of likely N-dealkylation sites (tertiary alicyclic amines) is 1. The van der Waals surface area contributed by atoms with E-state index in [2.05, 4.69) is 39.3 Å². The van der Waals surface area contributed by atoms with Crippen LogP contribution in [0.2, 0.25) is 0 Å². The van der Waals surface area contributed by atoms with Gasteiger partial charge in [-0.15, -0.1) is 0 Å². The Morgan fingerprint density at radius 3 is 2.37 bits per heavy atom. The van der Waals surface area contributed by atoms with Crippen LogP contribution in [0.25, 0.3) is 28.4 Å². The number of aliphatic carboxylic acids is 1. The van der Waals surface area contributed by atoms with Gasteiger partial charge in [0.1, 0.15) is 5.54 Å². The minimum atomic E-state index is -1.08. The molecule has 2 aliphatic rings. The number of aromatic nitrogens is 2. The molecular formula is C37H41N5O4. The van der Waals surface area contributed by atoms with Crippen molar-refractivity contribution in [2.45, 2.75) is 56.4 Å². The molecule has 0 bridgehead atoms. The zero-order valence-electron chi connectivity index (χ0n) is 26.5. The summed E-state index contributed by atoms with van der Waals surface area (Å²) in [6.45, 7) is 1.34. The van der Waals surface area contributed by atoms with E-state index < -0.39 is 11.5 Å². The third kappa shape index (κ3) is 6.46. The number of hydrogen-bond donors (Lipinski definition) is 3. The first kappa shape index (κ1) is 31.2. The molecule has 2 amide bonds. The first-order valence-electron chi connectivity index (χ1n) is 16.1. The van der Waals surface area contributed by atoms with Crippen molar-refractivity contribution in [3.05, 3.63) is 89.6 Å². The highest BCUT2D eigenvalue weighted by Crippen LogP contribution is 2.43. The standard InChI is InChI=1S/C37H41N5O4/c1-41-22-19-37(20-23-41,36(46)39-28-15-11-25(12-16-28)13-18-32(43)44)40-35(45)27-14-17-29-31(24-27)42(2)34(30-10-6-7-21-38-30)33(29)26-8-4-3-5-9-26/h6-7,10-18,21,24,26H,3-5,8-9,19-20,22-23H2,1-2H3,(H,39,46)(H,40,45)(H,43,44)/b18-13+. The van der Waals surface area contributed by atoms with Crippen LogP contribution in [0.1, 0.15) is 72.3 Å². The molecule has 238 valence electrons. The van der Waals surface area contributed by atoms with Gasteiger partial charge in [-0.25, -0.2) is 4.79 Å². The van der Waals surface area contributed by atoms with Gasteiger partial charge in [0.25, 0.3) is 5.91 Å². The number of carbonyl (C=O) groups excluding carboxylic acids is 2. The summed E-state index contributed by atoms with van der Waals surface area (Å²) in [6, 6.07) is 18.9. The van der Waals surface area contributed by atoms with Gasteiger partial charge in [0, 0.05) is 54.6 Å². The highest BCUT2D eigenvalue weighted by molar-refractivity contribution is 6.05. The summed E-state index contributed by atoms with van der Waals surface area (Å²) in [7, 11) is 4.06. The zero-order chi connectivity index (χ0) is 32.3. The van der Waals surface area contributed by atoms with E-state index in [9.17, 15) is 14.4 Å². The fourth-order valence-corrected chi connectivity index (χ4v) is 7.02. The zero-order valence-corrected chi connectivity index (χ0v) is 26.5. The van der Waals surface area contributed by atoms with Crippen LogP contribution in [0.15, 0.2) is 72.9 Å². The van der Waals surface area contributed by atoms with Crippen molar-refractivity contribution < 1.29 is 19.5 Å². The number of amides is 2. The Kier molecular flexibility index (Phi) is 9.03. The Balaban J connectivity index is 1.29. The molecule has 6 rings (SSSR count). The van der Waals surface area contributed by atoms with Crippen LogP contribution < -0.4 is 10.6 Å². The largest absolute Gasteiger partial charge is 0.478 e. The molecule has 1 saturated heterocycles. The summed E-state index contributed by atoms with van der Waals surface area (Å²) < 4.78 is 2.17. The lowest BCUT2D eigenvalue weighted by atomic mass is 9.82. The van der Waals surface area contributed by atoms with Gasteiger partial charge in [0.15, 0.2) is 0 Å². The first-order valence-corrected chi connectivity index (χ1v) is 16.1. The number of rotatable bonds is 8. The molecule has 1 aliphatic carbocycles. The molecule has 0 radical (unpaired) electrons. The molecule has 2 aromatic heterocycles. The molecule has 3 heterocycles. The van der Waals surface area contributed by atoms with E-state index >= 15 is 0 Å². The van der Waals surface area contributed by atoms with Crippen molar-refractivity contribution in [2.24, 2.45) is 7.05 Å². The van der Waals surface area contributed by atoms with Crippen LogP contribution in [0, 0.1) is 0 Å². The summed E-state index contributed by atoms with van der Waals surface area (Å²) in [5.41, 5.74) is 5.05. The van der Waals surface area contributed by atoms with Gasteiger partial charge in [0.2, 0.25) is 5.91 Å². The van der Waals surface area contributed by atoms with Gasteiger partial charge >= 0.3 is 5.97 Å². The molecule has 2 aromatic carbocycles. The van der Waals surface area contributed by atoms with Crippen LogP contribution >= 0.6 is 0 Å². The number of aryl methyl sites for hydroxylation is 1. The van der Waals surface area contributed by atoms with Gasteiger partial charge < -0.3 is 25.2 Å². The predicted octanol–water partition coefficient (Wildman–Crippen LogP) is 6.22. The summed E-state index contributed by atoms with van der Waals surface area (Å²) in [6.07, 6.45) is 11.3. The Hall–Kier alpha value is -4.76. The van der Waals surface area contributed by atoms with E-state index in [0.717, 1.165) is 41.2 Å². The molecule has 1 aliphatic heterocycles. The monoisotopic (exact) mass is 619 g/mol. The predicted molar refractivity (Wildman–Crippen MR) is 181 cm³/mol. The van der Waals surface area contributed by atoms with E-state index in [1.165, 1.54) is 30.9 Å². The van der Waals surface area contributed by atoms with Crippen molar-refractivity contribution in [3.63, 3.8) is 0 Å². The Labute approximate surface area is 269 Å². The smallest absolute Gasteiger partial charge is 0.328 e. The minimum Gasteiger partial charge on any atom is -0.478 e. The summed E-state index contributed by atoms with van der Waals surface area (Å²) in [5.74, 6) is -1.13. The average molecular weight is 620 g/mol. The molecule has 0 unspecified atom stereocenters. The van der Waals surface area contributed by atoms with E-state index in [4.69, 9.17) is 10.1 Å². The molecule has 0 spiro atoms. The normalized spacial score (nSPS) is 17.3. The average Bonchev–Trinajstić information content (AvgIpc) is 3.37. The lowest BCUT2D eigenvalue weighted by Gasteiger charge is -2.40. The van der Waals surface area contributed by atoms with Gasteiger partial charge in [-0.2, -0.15) is 0 Å². The van der Waals surface area contributed by atoms with Gasteiger partial charge in [-0.1, -0.05) is 43.5 Å². The summed E-state index contributed by atoms with van der Waals surface area (Å²) in [4.78, 5) is 45.5. The lowest BCUT2D eigenvalue weighted by Crippen LogP contribution is -2.61. The van der Waals surface area contributed by atoms with Gasteiger partial charge in [-0.3, -0.25) is 14.6 Å². The molecule has 46 heavy (non-hydrogen) atoms. The molecule has 9 nitrogen and oxygen atoms in total. The van der Waals surface area contributed by atoms with Gasteiger partial charge in [0.05, 0.1) is 11.4 Å². The maximum atomic E-state index is 14.0. The van der Waals surface area contributed by atoms with Crippen molar-refractivity contribution in [1.82, 2.24) is 19.8 Å². The Bertz CT molecular complexity index is 1760. The van der Waals surface area contributed by atoms with Crippen molar-refractivity contribution in [2.75, 3.05) is 25.5 Å². The first-order chi connectivity index (χ1) is 22.2. The number of carboxylic acids is 1. The van der Waals surface area contributed by atoms with E-state index in [1.54, 1.807) is 24.3 Å². The number of carboxylic acid groups (broad SMARTS) is 1. The second kappa shape index (κ2) is 13.3. The second-order valence-corrected chi connectivity index (χ2v) is 12.7. The van der Waals surface area contributed by atoms with Crippen LogP contribution in [0.5, 0.6) is 0 Å². The number of pyridine rings is 1. The van der Waals surface area contributed by atoms with Crippen LogP contribution in [0.4, 0.5) is 5.69 Å². The van der Waals surface area contributed by atoms with Crippen LogP contribution in [0.3, 0.4) is 0 Å². The molecule has 1 saturated carbocycles. The summed E-state index contributed by atoms with van der Waals surface area (Å²) in [5, 5.41) is 16.2. The van der Waals surface area contributed by atoms with Crippen LogP contribution in [-0.2, 0) is 16.6 Å². The maximum absolute atomic E-state index is 14.0. The maximum Gasteiger partial charge on any atom is 0.328 e. The van der Waals surface area contributed by atoms with E-state index in [-0.39, 0.29) is 11.8 Å². The Morgan fingerprint density at radius 1 is 0.957 bits per heavy atom. The third-order valence-electron chi connectivity index (χ3n) is 9.64. The highest BCUT2D eigenvalue weighted by atomic mass is 16.4.